The molecule has 9 heteroatoms. The van der Waals surface area contributed by atoms with E-state index in [-0.39, 0.29) is 37.0 Å². The molecule has 0 radical (unpaired) electrons. The van der Waals surface area contributed by atoms with E-state index in [9.17, 15) is 26.4 Å². The lowest BCUT2D eigenvalue weighted by Gasteiger charge is -2.28. The van der Waals surface area contributed by atoms with Gasteiger partial charge in [-0.05, 0) is 24.1 Å². The van der Waals surface area contributed by atoms with Crippen LogP contribution in [0.4, 0.5) is 13.2 Å². The van der Waals surface area contributed by atoms with Crippen LogP contribution in [0.5, 0.6) is 0 Å². The number of ether oxygens (including phenoxy) is 1. The summed E-state index contributed by atoms with van der Waals surface area (Å²) in [5.41, 5.74) is -0.330. The van der Waals surface area contributed by atoms with Crippen LogP contribution in [0.25, 0.3) is 0 Å². The van der Waals surface area contributed by atoms with Crippen molar-refractivity contribution >= 4 is 15.7 Å². The van der Waals surface area contributed by atoms with E-state index >= 15 is 0 Å². The van der Waals surface area contributed by atoms with Gasteiger partial charge in [-0.2, -0.15) is 13.2 Å². The topological polar surface area (TPSA) is 63.7 Å². The van der Waals surface area contributed by atoms with Crippen molar-refractivity contribution in [2.75, 3.05) is 31.8 Å². The summed E-state index contributed by atoms with van der Waals surface area (Å²) in [6, 6.07) is 3.98. The first-order valence-electron chi connectivity index (χ1n) is 7.77. The number of carbonyl (C=O) groups excluding carboxylic acids is 1. The fourth-order valence-electron chi connectivity index (χ4n) is 2.81. The average molecular weight is 379 g/mol. The number of benzene rings is 1. The minimum Gasteiger partial charge on any atom is -0.383 e. The highest BCUT2D eigenvalue weighted by molar-refractivity contribution is 7.91. The fourth-order valence-corrected chi connectivity index (χ4v) is 4.54. The van der Waals surface area contributed by atoms with Crippen molar-refractivity contribution in [3.8, 4) is 0 Å². The summed E-state index contributed by atoms with van der Waals surface area (Å²) >= 11 is 0. The number of sulfone groups is 1. The van der Waals surface area contributed by atoms with Gasteiger partial charge in [0.15, 0.2) is 9.84 Å². The Kier molecular flexibility index (Phi) is 6.10. The summed E-state index contributed by atoms with van der Waals surface area (Å²) in [7, 11) is -1.68. The quantitative estimate of drug-likeness (QED) is 0.758. The molecule has 0 saturated carbocycles. The molecule has 5 nitrogen and oxygen atoms in total. The van der Waals surface area contributed by atoms with Crippen molar-refractivity contribution in [1.82, 2.24) is 4.90 Å². The first-order chi connectivity index (χ1) is 11.6. The number of carbonyl (C=O) groups is 1. The molecule has 0 aliphatic carbocycles. The maximum atomic E-state index is 12.6. The van der Waals surface area contributed by atoms with E-state index in [2.05, 4.69) is 0 Å². The van der Waals surface area contributed by atoms with Gasteiger partial charge in [0.05, 0.1) is 30.1 Å². The van der Waals surface area contributed by atoms with Gasteiger partial charge in [0.1, 0.15) is 0 Å². The van der Waals surface area contributed by atoms with Gasteiger partial charge in [-0.1, -0.05) is 12.1 Å². The molecular weight excluding hydrogens is 359 g/mol. The van der Waals surface area contributed by atoms with Crippen LogP contribution < -0.4 is 0 Å². The lowest BCUT2D eigenvalue weighted by Crippen LogP contribution is -2.43. The molecule has 1 aliphatic rings. The lowest BCUT2D eigenvalue weighted by molar-refractivity contribution is -0.137. The molecule has 1 unspecified atom stereocenters. The molecule has 0 spiro atoms. The number of hydrogen-bond donors (Lipinski definition) is 0. The summed E-state index contributed by atoms with van der Waals surface area (Å²) < 4.78 is 66.0. The number of alkyl halides is 3. The highest BCUT2D eigenvalue weighted by Gasteiger charge is 2.34. The summed E-state index contributed by atoms with van der Waals surface area (Å²) in [6.07, 6.45) is -4.14. The number of methoxy groups -OCH3 is 1. The van der Waals surface area contributed by atoms with E-state index in [0.29, 0.717) is 12.0 Å². The maximum absolute atomic E-state index is 12.6. The Hall–Kier alpha value is -1.61. The van der Waals surface area contributed by atoms with Gasteiger partial charge in [0, 0.05) is 19.7 Å². The van der Waals surface area contributed by atoms with Crippen molar-refractivity contribution in [3.63, 3.8) is 0 Å². The maximum Gasteiger partial charge on any atom is 0.416 e. The summed E-state index contributed by atoms with van der Waals surface area (Å²) in [5, 5.41) is 0. The van der Waals surface area contributed by atoms with Crippen molar-refractivity contribution in [1.29, 1.82) is 0 Å². The first kappa shape index (κ1) is 19.7. The zero-order chi connectivity index (χ0) is 18.7. The molecule has 1 saturated heterocycles. The van der Waals surface area contributed by atoms with Gasteiger partial charge in [0.25, 0.3) is 0 Å². The molecule has 0 aromatic heterocycles. The number of hydrogen-bond acceptors (Lipinski definition) is 4. The summed E-state index contributed by atoms with van der Waals surface area (Å²) in [4.78, 5) is 14.0. The second kappa shape index (κ2) is 7.74. The number of nitrogens with zero attached hydrogens (tertiary/aromatic N) is 1. The third-order valence-corrected chi connectivity index (χ3v) is 5.89. The number of halogens is 3. The third kappa shape index (κ3) is 5.43. The van der Waals surface area contributed by atoms with Crippen LogP contribution in [-0.2, 0) is 32.0 Å². The summed E-state index contributed by atoms with van der Waals surface area (Å²) in [5.74, 6) is -0.372. The smallest absolute Gasteiger partial charge is 0.383 e. The predicted molar refractivity (Wildman–Crippen MR) is 85.8 cm³/mol. The zero-order valence-corrected chi connectivity index (χ0v) is 14.6. The molecular formula is C16H20F3NO4S. The van der Waals surface area contributed by atoms with Crippen LogP contribution in [0.2, 0.25) is 0 Å². The van der Waals surface area contributed by atoms with Crippen LogP contribution in [0.1, 0.15) is 17.5 Å². The van der Waals surface area contributed by atoms with Crippen LogP contribution in [0.15, 0.2) is 24.3 Å². The lowest BCUT2D eigenvalue weighted by atomic mass is 10.1. The second-order valence-electron chi connectivity index (χ2n) is 6.01. The van der Waals surface area contributed by atoms with Gasteiger partial charge in [-0.3, -0.25) is 4.79 Å². The minimum atomic E-state index is -4.43. The van der Waals surface area contributed by atoms with Crippen LogP contribution in [0.3, 0.4) is 0 Å². The molecule has 1 aromatic rings. The Balaban J connectivity index is 2.08. The van der Waals surface area contributed by atoms with Crippen LogP contribution in [0, 0.1) is 0 Å². The van der Waals surface area contributed by atoms with Crippen LogP contribution >= 0.6 is 0 Å². The predicted octanol–water partition coefficient (Wildman–Crippen LogP) is 1.91. The van der Waals surface area contributed by atoms with Crippen LogP contribution in [-0.4, -0.2) is 57.0 Å². The third-order valence-electron chi connectivity index (χ3n) is 4.14. The second-order valence-corrected chi connectivity index (χ2v) is 8.24. The molecule has 1 heterocycles. The van der Waals surface area contributed by atoms with E-state index in [1.807, 2.05) is 0 Å². The Morgan fingerprint density at radius 1 is 1.28 bits per heavy atom. The SMILES string of the molecule is COCCN(C(=O)Cc1ccc(C(F)(F)F)cc1)C1CCS(=O)(=O)C1. The highest BCUT2D eigenvalue weighted by Crippen LogP contribution is 2.29. The van der Waals surface area contributed by atoms with Gasteiger partial charge >= 0.3 is 6.18 Å². The monoisotopic (exact) mass is 379 g/mol. The molecule has 1 fully saturated rings. The normalized spacial score (nSPS) is 19.8. The highest BCUT2D eigenvalue weighted by atomic mass is 32.2. The van der Waals surface area contributed by atoms with Crippen molar-refractivity contribution in [2.24, 2.45) is 0 Å². The fraction of sp³-hybridized carbons (Fsp3) is 0.562. The number of rotatable bonds is 6. The minimum absolute atomic E-state index is 0.0364. The van der Waals surface area contributed by atoms with E-state index in [0.717, 1.165) is 12.1 Å². The Labute approximate surface area is 144 Å². The first-order valence-corrected chi connectivity index (χ1v) is 9.59. The molecule has 0 N–H and O–H groups in total. The van der Waals surface area contributed by atoms with E-state index in [1.54, 1.807) is 0 Å². The Morgan fingerprint density at radius 2 is 1.92 bits per heavy atom. The molecule has 1 aliphatic heterocycles. The van der Waals surface area contributed by atoms with E-state index < -0.39 is 27.6 Å². The van der Waals surface area contributed by atoms with E-state index in [1.165, 1.54) is 24.1 Å². The zero-order valence-electron chi connectivity index (χ0n) is 13.8. The standard InChI is InChI=1S/C16H20F3NO4S/c1-24-8-7-20(14-6-9-25(22,23)11-14)15(21)10-12-2-4-13(5-3-12)16(17,18)19/h2-5,14H,6-11H2,1H3. The van der Waals surface area contributed by atoms with Gasteiger partial charge < -0.3 is 9.64 Å². The average Bonchev–Trinajstić information content (AvgIpc) is 2.87. The van der Waals surface area contributed by atoms with Crippen molar-refractivity contribution in [3.05, 3.63) is 35.4 Å². The molecule has 25 heavy (non-hydrogen) atoms. The molecule has 1 aromatic carbocycles. The molecule has 1 amide bonds. The summed E-state index contributed by atoms with van der Waals surface area (Å²) in [6.45, 7) is 0.505. The van der Waals surface area contributed by atoms with Crippen molar-refractivity contribution < 1.29 is 31.1 Å². The van der Waals surface area contributed by atoms with Gasteiger partial charge in [-0.25, -0.2) is 8.42 Å². The van der Waals surface area contributed by atoms with Gasteiger partial charge in [0.2, 0.25) is 5.91 Å². The van der Waals surface area contributed by atoms with Gasteiger partial charge in [-0.15, -0.1) is 0 Å². The Morgan fingerprint density at radius 3 is 2.40 bits per heavy atom. The molecule has 1 atom stereocenters. The number of amides is 1. The largest absolute Gasteiger partial charge is 0.416 e. The molecule has 2 rings (SSSR count). The van der Waals surface area contributed by atoms with E-state index in [4.69, 9.17) is 4.74 Å². The Bertz CT molecular complexity index is 701. The van der Waals surface area contributed by atoms with Crippen molar-refractivity contribution in [2.45, 2.75) is 25.1 Å². The molecule has 140 valence electrons. The molecule has 0 bridgehead atoms.